The molecule has 0 saturated carbocycles. The van der Waals surface area contributed by atoms with Gasteiger partial charge in [0.15, 0.2) is 0 Å². The predicted molar refractivity (Wildman–Crippen MR) is 92.5 cm³/mol. The van der Waals surface area contributed by atoms with E-state index in [2.05, 4.69) is 76.1 Å². The fourth-order valence-electron chi connectivity index (χ4n) is 1.99. The Bertz CT molecular complexity index is 447. The summed E-state index contributed by atoms with van der Waals surface area (Å²) < 4.78 is 11.4. The molecule has 0 aliphatic carbocycles. The van der Waals surface area contributed by atoms with Crippen LogP contribution in [0.15, 0.2) is 42.4 Å². The van der Waals surface area contributed by atoms with Crippen molar-refractivity contribution >= 4 is 21.6 Å². The van der Waals surface area contributed by atoms with Crippen molar-refractivity contribution in [3.8, 4) is 0 Å². The molecule has 20 heavy (non-hydrogen) atoms. The summed E-state index contributed by atoms with van der Waals surface area (Å²) in [5, 5.41) is 1.47. The van der Waals surface area contributed by atoms with E-state index in [1.54, 1.807) is 7.11 Å². The number of allylic oxidation sites excluding steroid dienone is 1. The van der Waals surface area contributed by atoms with Gasteiger partial charge < -0.3 is 9.16 Å². The van der Waals surface area contributed by atoms with Crippen LogP contribution >= 0.6 is 0 Å². The summed E-state index contributed by atoms with van der Waals surface area (Å²) in [6.07, 6.45) is 2.16. The van der Waals surface area contributed by atoms with Crippen LogP contribution in [0, 0.1) is 0 Å². The van der Waals surface area contributed by atoms with Crippen LogP contribution in [0.1, 0.15) is 6.92 Å². The average molecular weight is 309 g/mol. The van der Waals surface area contributed by atoms with Crippen LogP contribution in [0.4, 0.5) is 0 Å². The first kappa shape index (κ1) is 17.0. The van der Waals surface area contributed by atoms with Crippen LogP contribution in [0.5, 0.6) is 0 Å². The predicted octanol–water partition coefficient (Wildman–Crippen LogP) is 4.33. The van der Waals surface area contributed by atoms with Crippen molar-refractivity contribution in [3.05, 3.63) is 42.4 Å². The fraction of sp³-hybridized carbons (Fsp3) is 0.500. The summed E-state index contributed by atoms with van der Waals surface area (Å²) in [4.78, 5) is 0. The standard InChI is InChI=1S/C16H28O2Si2/c1-14(13-16(17-2)18-19(3,4)5)20(6,7)15-11-9-8-10-12-15/h8-14H,1-7H3/b16-13+. The lowest BCUT2D eigenvalue weighted by atomic mass is 10.4. The second-order valence-electron chi connectivity index (χ2n) is 6.78. The third-order valence-corrected chi connectivity index (χ3v) is 8.73. The van der Waals surface area contributed by atoms with Crippen LogP contribution in [0.3, 0.4) is 0 Å². The van der Waals surface area contributed by atoms with Gasteiger partial charge in [-0.05, 0) is 31.3 Å². The number of hydrogen-bond donors (Lipinski definition) is 0. The molecule has 1 unspecified atom stereocenters. The Morgan fingerprint density at radius 1 is 1.05 bits per heavy atom. The molecule has 0 spiro atoms. The van der Waals surface area contributed by atoms with E-state index < -0.39 is 16.4 Å². The van der Waals surface area contributed by atoms with Crippen molar-refractivity contribution in [1.29, 1.82) is 0 Å². The number of rotatable bonds is 6. The molecule has 4 heteroatoms. The largest absolute Gasteiger partial charge is 0.520 e. The van der Waals surface area contributed by atoms with Crippen molar-refractivity contribution in [2.24, 2.45) is 0 Å². The third-order valence-electron chi connectivity index (χ3n) is 3.65. The maximum atomic E-state index is 5.99. The molecule has 1 aromatic carbocycles. The second kappa shape index (κ2) is 6.63. The Morgan fingerprint density at radius 2 is 1.60 bits per heavy atom. The molecule has 0 aromatic heterocycles. The quantitative estimate of drug-likeness (QED) is 0.575. The molecular weight excluding hydrogens is 280 g/mol. The van der Waals surface area contributed by atoms with E-state index in [4.69, 9.17) is 9.16 Å². The molecule has 0 fully saturated rings. The maximum absolute atomic E-state index is 5.99. The number of methoxy groups -OCH3 is 1. The number of hydrogen-bond acceptors (Lipinski definition) is 2. The number of benzene rings is 1. The smallest absolute Gasteiger partial charge is 0.260 e. The first-order valence-electron chi connectivity index (χ1n) is 7.17. The van der Waals surface area contributed by atoms with Crippen molar-refractivity contribution in [3.63, 3.8) is 0 Å². The van der Waals surface area contributed by atoms with Gasteiger partial charge in [-0.2, -0.15) is 0 Å². The molecule has 1 aromatic rings. The molecule has 0 heterocycles. The van der Waals surface area contributed by atoms with Gasteiger partial charge in [0.1, 0.15) is 0 Å². The van der Waals surface area contributed by atoms with Gasteiger partial charge >= 0.3 is 0 Å². The third kappa shape index (κ3) is 4.83. The van der Waals surface area contributed by atoms with Crippen LogP contribution in [-0.2, 0) is 9.16 Å². The summed E-state index contributed by atoms with van der Waals surface area (Å²) in [6, 6.07) is 10.8. The Kier molecular flexibility index (Phi) is 5.65. The van der Waals surface area contributed by atoms with E-state index in [0.29, 0.717) is 11.5 Å². The highest BCUT2D eigenvalue weighted by molar-refractivity contribution is 6.91. The zero-order valence-corrected chi connectivity index (χ0v) is 15.9. The van der Waals surface area contributed by atoms with Crippen molar-refractivity contribution in [2.45, 2.75) is 45.2 Å². The first-order chi connectivity index (χ1) is 9.16. The van der Waals surface area contributed by atoms with Gasteiger partial charge in [0.2, 0.25) is 8.32 Å². The monoisotopic (exact) mass is 308 g/mol. The van der Waals surface area contributed by atoms with Gasteiger partial charge in [-0.3, -0.25) is 0 Å². The van der Waals surface area contributed by atoms with Gasteiger partial charge in [0, 0.05) is 0 Å². The molecule has 0 bridgehead atoms. The summed E-state index contributed by atoms with van der Waals surface area (Å²) in [5.74, 6) is 0.688. The molecule has 0 aliphatic rings. The Balaban J connectivity index is 2.95. The molecular formula is C16H28O2Si2. The van der Waals surface area contributed by atoms with Crippen LogP contribution in [0.2, 0.25) is 38.3 Å². The molecule has 0 radical (unpaired) electrons. The lowest BCUT2D eigenvalue weighted by Crippen LogP contribution is -2.44. The lowest BCUT2D eigenvalue weighted by molar-refractivity contribution is 0.145. The minimum atomic E-state index is -1.62. The normalized spacial score (nSPS) is 14.8. The molecule has 0 saturated heterocycles. The van der Waals surface area contributed by atoms with E-state index in [-0.39, 0.29) is 0 Å². The van der Waals surface area contributed by atoms with E-state index in [1.165, 1.54) is 5.19 Å². The van der Waals surface area contributed by atoms with Crippen LogP contribution in [-0.4, -0.2) is 23.5 Å². The fourth-order valence-corrected chi connectivity index (χ4v) is 4.87. The van der Waals surface area contributed by atoms with Gasteiger partial charge in [-0.25, -0.2) is 0 Å². The molecule has 1 atom stereocenters. The van der Waals surface area contributed by atoms with Crippen molar-refractivity contribution in [1.82, 2.24) is 0 Å². The van der Waals surface area contributed by atoms with E-state index in [9.17, 15) is 0 Å². The summed E-state index contributed by atoms with van der Waals surface area (Å²) in [5.41, 5.74) is 0.455. The topological polar surface area (TPSA) is 18.5 Å². The molecule has 2 nitrogen and oxygen atoms in total. The zero-order chi connectivity index (χ0) is 15.4. The van der Waals surface area contributed by atoms with E-state index in [1.807, 2.05) is 0 Å². The Labute approximate surface area is 126 Å². The highest BCUT2D eigenvalue weighted by Gasteiger charge is 2.30. The van der Waals surface area contributed by atoms with E-state index in [0.717, 1.165) is 0 Å². The second-order valence-corrected chi connectivity index (χ2v) is 16.1. The van der Waals surface area contributed by atoms with Gasteiger partial charge in [-0.15, -0.1) is 0 Å². The molecule has 0 amide bonds. The van der Waals surface area contributed by atoms with Gasteiger partial charge in [-0.1, -0.05) is 55.5 Å². The molecule has 112 valence electrons. The minimum absolute atomic E-state index is 0.455. The van der Waals surface area contributed by atoms with Crippen molar-refractivity contribution < 1.29 is 9.16 Å². The Hall–Kier alpha value is -1.01. The SMILES string of the molecule is CO/C(=C\C(C)[Si](C)(C)c1ccccc1)O[Si](C)(C)C. The van der Waals surface area contributed by atoms with Crippen LogP contribution in [0.25, 0.3) is 0 Å². The van der Waals surface area contributed by atoms with Gasteiger partial charge in [0.05, 0.1) is 15.2 Å². The summed E-state index contributed by atoms with van der Waals surface area (Å²) in [7, 11) is -1.49. The van der Waals surface area contributed by atoms with E-state index >= 15 is 0 Å². The average Bonchev–Trinajstić information content (AvgIpc) is 2.37. The highest BCUT2D eigenvalue weighted by atomic mass is 28.4. The maximum Gasteiger partial charge on any atom is 0.260 e. The summed E-state index contributed by atoms with van der Waals surface area (Å²) >= 11 is 0. The zero-order valence-electron chi connectivity index (χ0n) is 13.9. The Morgan fingerprint density at radius 3 is 2.05 bits per heavy atom. The molecule has 0 aliphatic heterocycles. The summed E-state index contributed by atoms with van der Waals surface area (Å²) in [6.45, 7) is 13.6. The lowest BCUT2D eigenvalue weighted by Gasteiger charge is -2.29. The first-order valence-corrected chi connectivity index (χ1v) is 13.7. The molecule has 0 N–H and O–H groups in total. The minimum Gasteiger partial charge on any atom is -0.520 e. The number of ether oxygens (including phenoxy) is 1. The van der Waals surface area contributed by atoms with Crippen molar-refractivity contribution in [2.75, 3.05) is 7.11 Å². The van der Waals surface area contributed by atoms with Crippen LogP contribution < -0.4 is 5.19 Å². The molecule has 1 rings (SSSR count). The van der Waals surface area contributed by atoms with Gasteiger partial charge in [0.25, 0.3) is 5.95 Å². The highest BCUT2D eigenvalue weighted by Crippen LogP contribution is 2.25.